The Morgan fingerprint density at radius 2 is 0.985 bits per heavy atom. The second-order valence-corrected chi connectivity index (χ2v) is 18.4. The van der Waals surface area contributed by atoms with Crippen LogP contribution in [0.25, 0.3) is 0 Å². The lowest BCUT2D eigenvalue weighted by atomic mass is 9.94. The fourth-order valence-corrected chi connectivity index (χ4v) is 7.61. The molecule has 20 atom stereocenters. The zero-order chi connectivity index (χ0) is 50.4. The van der Waals surface area contributed by atoms with Gasteiger partial charge in [0.2, 0.25) is 5.91 Å². The maximum Gasteiger partial charge on any atom is 0.223 e. The van der Waals surface area contributed by atoms with Crippen LogP contribution in [-0.4, -0.2) is 260 Å². The third-order valence-electron chi connectivity index (χ3n) is 12.6. The van der Waals surface area contributed by atoms with Crippen LogP contribution in [0.1, 0.15) is 81.1 Å². The molecule has 66 heavy (non-hydrogen) atoms. The normalized spacial score (nSPS) is 40.9. The second kappa shape index (κ2) is 27.9. The lowest BCUT2D eigenvalue weighted by Gasteiger charge is -2.48. The number of likely N-dealkylation sites (tertiary alicyclic amines) is 1. The Bertz CT molecular complexity index is 1360. The van der Waals surface area contributed by atoms with E-state index in [1.807, 2.05) is 11.8 Å². The lowest BCUT2D eigenvalue weighted by molar-refractivity contribution is -0.372. The molecule has 5 aliphatic rings. The Labute approximate surface area is 388 Å². The van der Waals surface area contributed by atoms with Gasteiger partial charge in [-0.3, -0.25) is 4.79 Å². The van der Waals surface area contributed by atoms with Crippen molar-refractivity contribution in [3.05, 3.63) is 0 Å². The van der Waals surface area contributed by atoms with Gasteiger partial charge in [-0.05, 0) is 60.8 Å². The van der Waals surface area contributed by atoms with E-state index in [2.05, 4.69) is 20.8 Å². The van der Waals surface area contributed by atoms with Crippen LogP contribution in [0.5, 0.6) is 0 Å². The van der Waals surface area contributed by atoms with Crippen LogP contribution in [0.4, 0.5) is 0 Å². The lowest BCUT2D eigenvalue weighted by Crippen LogP contribution is -2.66. The fourth-order valence-electron chi connectivity index (χ4n) is 7.61. The summed E-state index contributed by atoms with van der Waals surface area (Å²) in [6.07, 6.45) is -21.3. The van der Waals surface area contributed by atoms with Crippen molar-refractivity contribution in [2.24, 2.45) is 0 Å². The van der Waals surface area contributed by atoms with E-state index in [0.717, 1.165) is 32.2 Å². The highest BCUT2D eigenvalue weighted by molar-refractivity contribution is 5.78. The molecule has 0 saturated carbocycles. The van der Waals surface area contributed by atoms with Gasteiger partial charge in [-0.25, -0.2) is 0 Å². The Balaban J connectivity index is 0.000000390. The first-order chi connectivity index (χ1) is 30.8. The van der Waals surface area contributed by atoms with Crippen LogP contribution in [0.15, 0.2) is 0 Å². The van der Waals surface area contributed by atoms with E-state index in [-0.39, 0.29) is 18.2 Å². The highest BCUT2D eigenvalue weighted by atomic mass is 16.7. The van der Waals surface area contributed by atoms with Crippen LogP contribution in [-0.2, 0) is 47.4 Å². The first-order valence-electron chi connectivity index (χ1n) is 22.6. The Morgan fingerprint density at radius 1 is 0.576 bits per heavy atom. The molecule has 392 valence electrons. The maximum atomic E-state index is 11.3. The molecule has 0 aromatic rings. The molecule has 12 N–H and O–H groups in total. The highest BCUT2D eigenvalue weighted by Gasteiger charge is 2.53. The van der Waals surface area contributed by atoms with Gasteiger partial charge in [-0.15, -0.1) is 0 Å². The number of ether oxygens (including phenoxy) is 9. The van der Waals surface area contributed by atoms with Crippen molar-refractivity contribution in [2.75, 3.05) is 54.3 Å². The number of amides is 1. The number of aliphatic hydroxyl groups is 12. The van der Waals surface area contributed by atoms with Gasteiger partial charge < -0.3 is 109 Å². The van der Waals surface area contributed by atoms with Gasteiger partial charge in [0.25, 0.3) is 0 Å². The molecule has 5 rings (SSSR count). The first kappa shape index (κ1) is 60.8. The minimum atomic E-state index is -1.82. The van der Waals surface area contributed by atoms with Crippen molar-refractivity contribution in [3.8, 4) is 0 Å². The number of aliphatic hydroxyl groups excluding tert-OH is 11. The summed E-state index contributed by atoms with van der Waals surface area (Å²) < 4.78 is 47.9. The standard InChI is InChI=1S/C20H36O15.C9H17NO.C9H18O5.C5H12O/c1-6-10(23)13(26)17(7(3-21)31-6)34-20-16(29)14(27)18(8(4-22)32-20)35-19-15(28)12(25)11(24)9(33-19)5-30-2;1-4-9(2,3)10-7-5-6-8(10)11;1-5-7(10)8(11)9(13-3)6(14-5)4-12-2;1-4-5(2,3)6/h6-29H,3-5H2,1-2H3;4-7H2,1-3H3;5-11H,4H2,1-3H3;6H,4H2,1-3H3/t6-,7?,8?,9?,10+,11+,12-,13?,14+,15?,16?,17+,18+,19-,20-;;5-,6?,7?,8+,9+;/m0.0./s1. The molecule has 0 spiro atoms. The molecule has 5 heterocycles. The zero-order valence-electron chi connectivity index (χ0n) is 40.3. The summed E-state index contributed by atoms with van der Waals surface area (Å²) in [5.74, 6) is 0.330. The predicted octanol–water partition coefficient (Wildman–Crippen LogP) is -3.73. The van der Waals surface area contributed by atoms with Crippen LogP contribution in [0, 0.1) is 0 Å². The predicted molar refractivity (Wildman–Crippen MR) is 230 cm³/mol. The number of methoxy groups -OCH3 is 3. The van der Waals surface area contributed by atoms with Crippen molar-refractivity contribution >= 4 is 5.91 Å². The van der Waals surface area contributed by atoms with Crippen LogP contribution in [0.3, 0.4) is 0 Å². The van der Waals surface area contributed by atoms with E-state index < -0.39 is 135 Å². The monoisotopic (exact) mass is 966 g/mol. The molecular weight excluding hydrogens is 882 g/mol. The number of hydrogen-bond donors (Lipinski definition) is 12. The fraction of sp³-hybridized carbons (Fsp3) is 0.977. The molecule has 0 aromatic heterocycles. The van der Waals surface area contributed by atoms with Crippen molar-refractivity contribution < 1.29 is 109 Å². The summed E-state index contributed by atoms with van der Waals surface area (Å²) >= 11 is 0. The van der Waals surface area contributed by atoms with Crippen molar-refractivity contribution in [1.82, 2.24) is 4.90 Å². The van der Waals surface area contributed by atoms with Crippen molar-refractivity contribution in [1.29, 1.82) is 0 Å². The van der Waals surface area contributed by atoms with Crippen molar-refractivity contribution in [2.45, 2.75) is 215 Å². The summed E-state index contributed by atoms with van der Waals surface area (Å²) in [5.41, 5.74) is -0.381. The van der Waals surface area contributed by atoms with Crippen LogP contribution in [0.2, 0.25) is 0 Å². The third-order valence-corrected chi connectivity index (χ3v) is 12.6. The largest absolute Gasteiger partial charge is 0.394 e. The van der Waals surface area contributed by atoms with Gasteiger partial charge in [0.1, 0.15) is 97.7 Å². The van der Waals surface area contributed by atoms with E-state index >= 15 is 0 Å². The van der Waals surface area contributed by atoms with Gasteiger partial charge in [0.15, 0.2) is 12.6 Å². The average Bonchev–Trinajstić information content (AvgIpc) is 3.73. The van der Waals surface area contributed by atoms with E-state index in [1.165, 1.54) is 21.1 Å². The van der Waals surface area contributed by atoms with Crippen molar-refractivity contribution in [3.63, 3.8) is 0 Å². The summed E-state index contributed by atoms with van der Waals surface area (Å²) in [5, 5.41) is 120. The molecule has 5 fully saturated rings. The summed E-state index contributed by atoms with van der Waals surface area (Å²) in [6.45, 7) is 15.0. The van der Waals surface area contributed by atoms with E-state index in [4.69, 9.17) is 47.7 Å². The Kier molecular flexibility index (Phi) is 25.7. The van der Waals surface area contributed by atoms with E-state index in [1.54, 1.807) is 27.9 Å². The Morgan fingerprint density at radius 3 is 1.39 bits per heavy atom. The molecule has 5 aliphatic heterocycles. The van der Waals surface area contributed by atoms with E-state index in [9.17, 15) is 61.0 Å². The second-order valence-electron chi connectivity index (χ2n) is 18.4. The first-order valence-corrected chi connectivity index (χ1v) is 22.6. The minimum absolute atomic E-state index is 0.0770. The SMILES string of the molecule is CCC(C)(C)N1CCCC1=O.CCC(C)(C)O.COCC1O[C@@H](C)C(O)[C@@H](O)[C@@H]1OC.COCC1O[C@@H](O[C@@H]2C(CO)O[C@@H](O[C@@H]3C(CO)O[C@@H](C)[C@@H](O)C3O)C(O)[C@H]2O)C(O)[C@@H](O)[C@@H]1O. The van der Waals surface area contributed by atoms with Gasteiger partial charge in [0.05, 0.1) is 44.2 Å². The number of carbonyl (C=O) groups is 1. The topological polar surface area (TPSA) is 346 Å². The van der Waals surface area contributed by atoms with Gasteiger partial charge in [-0.1, -0.05) is 13.8 Å². The molecule has 0 aliphatic carbocycles. The molecule has 23 heteroatoms. The van der Waals surface area contributed by atoms with Crippen LogP contribution < -0.4 is 0 Å². The zero-order valence-corrected chi connectivity index (χ0v) is 40.3. The van der Waals surface area contributed by atoms with Gasteiger partial charge in [0, 0.05) is 39.8 Å². The number of nitrogens with zero attached hydrogens (tertiary/aromatic N) is 1. The highest BCUT2D eigenvalue weighted by Crippen LogP contribution is 2.33. The van der Waals surface area contributed by atoms with Gasteiger partial charge >= 0.3 is 0 Å². The molecule has 5 saturated heterocycles. The minimum Gasteiger partial charge on any atom is -0.394 e. The molecule has 0 radical (unpaired) electrons. The number of rotatable bonds is 14. The summed E-state index contributed by atoms with van der Waals surface area (Å²) in [6, 6.07) is 0. The molecule has 0 aromatic carbocycles. The van der Waals surface area contributed by atoms with Crippen LogP contribution >= 0.6 is 0 Å². The average molecular weight is 966 g/mol. The quantitative estimate of drug-likeness (QED) is 0.0796. The molecule has 8 unspecified atom stereocenters. The molecule has 0 bridgehead atoms. The number of carbonyl (C=O) groups excluding carboxylic acids is 1. The summed E-state index contributed by atoms with van der Waals surface area (Å²) in [4.78, 5) is 13.3. The summed E-state index contributed by atoms with van der Waals surface area (Å²) in [7, 11) is 4.36. The smallest absolute Gasteiger partial charge is 0.223 e. The van der Waals surface area contributed by atoms with Gasteiger partial charge in [-0.2, -0.15) is 0 Å². The number of hydrogen-bond acceptors (Lipinski definition) is 22. The maximum absolute atomic E-state index is 11.3. The van der Waals surface area contributed by atoms with E-state index in [0.29, 0.717) is 12.5 Å². The molecule has 23 nitrogen and oxygen atoms in total. The molecule has 1 amide bonds. The molecular formula is C43H83NO22. The third kappa shape index (κ3) is 16.3. The Hall–Kier alpha value is -1.37.